The van der Waals surface area contributed by atoms with Crippen LogP contribution in [0.3, 0.4) is 0 Å². The highest BCUT2D eigenvalue weighted by Gasteiger charge is 2.28. The van der Waals surface area contributed by atoms with Gasteiger partial charge in [-0.15, -0.1) is 24.2 Å². The third-order valence-corrected chi connectivity index (χ3v) is 4.99. The minimum Gasteiger partial charge on any atom is -0.348 e. The molecule has 0 spiro atoms. The molecule has 0 saturated heterocycles. The standard InChI is InChI=1S/C15H23ClN2OS.ClH/c1-4-15(5-2,10-17)18-14(19)11(3)20-13-8-6-12(16)7-9-13;/h6-9,11H,4-5,10,17H2,1-3H3,(H,18,19);1H. The lowest BCUT2D eigenvalue weighted by Crippen LogP contribution is -2.54. The molecule has 3 nitrogen and oxygen atoms in total. The Hall–Kier alpha value is -0.420. The second-order valence-electron chi connectivity index (χ2n) is 4.89. The maximum Gasteiger partial charge on any atom is 0.233 e. The highest BCUT2D eigenvalue weighted by molar-refractivity contribution is 8.00. The Bertz CT molecular complexity index is 428. The topological polar surface area (TPSA) is 55.1 Å². The van der Waals surface area contributed by atoms with Crippen molar-refractivity contribution in [2.45, 2.75) is 49.3 Å². The fourth-order valence-corrected chi connectivity index (χ4v) is 2.89. The Kier molecular flexibility index (Phi) is 9.38. The lowest BCUT2D eigenvalue weighted by Gasteiger charge is -2.32. The van der Waals surface area contributed by atoms with Gasteiger partial charge in [-0.1, -0.05) is 25.4 Å². The number of nitrogens with one attached hydrogen (secondary N) is 1. The predicted molar refractivity (Wildman–Crippen MR) is 94.5 cm³/mol. The van der Waals surface area contributed by atoms with Crippen LogP contribution in [-0.4, -0.2) is 23.2 Å². The van der Waals surface area contributed by atoms with Gasteiger partial charge < -0.3 is 11.1 Å². The maximum atomic E-state index is 12.3. The van der Waals surface area contributed by atoms with E-state index in [0.717, 1.165) is 17.7 Å². The summed E-state index contributed by atoms with van der Waals surface area (Å²) in [6.45, 7) is 6.46. The van der Waals surface area contributed by atoms with E-state index in [1.807, 2.05) is 45.0 Å². The summed E-state index contributed by atoms with van der Waals surface area (Å²) in [4.78, 5) is 13.3. The summed E-state index contributed by atoms with van der Waals surface area (Å²) >= 11 is 7.37. The molecule has 1 unspecified atom stereocenters. The number of hydrogen-bond donors (Lipinski definition) is 2. The third-order valence-electron chi connectivity index (χ3n) is 3.63. The van der Waals surface area contributed by atoms with E-state index in [1.54, 1.807) is 0 Å². The predicted octanol–water partition coefficient (Wildman–Crippen LogP) is 3.88. The molecule has 3 N–H and O–H groups in total. The Labute approximate surface area is 142 Å². The van der Waals surface area contributed by atoms with Crippen LogP contribution in [-0.2, 0) is 4.79 Å². The molecule has 1 amide bonds. The minimum atomic E-state index is -0.286. The summed E-state index contributed by atoms with van der Waals surface area (Å²) in [6.07, 6.45) is 1.67. The quantitative estimate of drug-likeness (QED) is 0.733. The van der Waals surface area contributed by atoms with Crippen molar-refractivity contribution >= 4 is 41.7 Å². The second kappa shape index (κ2) is 9.57. The van der Waals surface area contributed by atoms with Crippen molar-refractivity contribution in [3.8, 4) is 0 Å². The van der Waals surface area contributed by atoms with Crippen LogP contribution in [0.15, 0.2) is 29.2 Å². The molecule has 120 valence electrons. The number of benzene rings is 1. The molecule has 1 rings (SSSR count). The van der Waals surface area contributed by atoms with Crippen molar-refractivity contribution in [2.75, 3.05) is 6.54 Å². The highest BCUT2D eigenvalue weighted by Crippen LogP contribution is 2.25. The molecule has 0 saturated carbocycles. The summed E-state index contributed by atoms with van der Waals surface area (Å²) in [5.74, 6) is 0.0269. The smallest absolute Gasteiger partial charge is 0.233 e. The van der Waals surface area contributed by atoms with Crippen LogP contribution in [0.4, 0.5) is 0 Å². The number of hydrogen-bond acceptors (Lipinski definition) is 3. The fraction of sp³-hybridized carbons (Fsp3) is 0.533. The van der Waals surface area contributed by atoms with Gasteiger partial charge >= 0.3 is 0 Å². The van der Waals surface area contributed by atoms with Gasteiger partial charge in [0.25, 0.3) is 0 Å². The van der Waals surface area contributed by atoms with Crippen LogP contribution in [0.5, 0.6) is 0 Å². The van der Waals surface area contributed by atoms with Crippen LogP contribution < -0.4 is 11.1 Å². The zero-order chi connectivity index (χ0) is 15.2. The van der Waals surface area contributed by atoms with Gasteiger partial charge in [0, 0.05) is 16.5 Å². The fourth-order valence-electron chi connectivity index (χ4n) is 1.90. The maximum absolute atomic E-state index is 12.3. The molecule has 0 heterocycles. The van der Waals surface area contributed by atoms with Gasteiger partial charge in [0.2, 0.25) is 5.91 Å². The molecule has 0 aliphatic carbocycles. The van der Waals surface area contributed by atoms with Crippen LogP contribution in [0.25, 0.3) is 0 Å². The van der Waals surface area contributed by atoms with Crippen LogP contribution >= 0.6 is 35.8 Å². The first-order valence-electron chi connectivity index (χ1n) is 6.90. The van der Waals surface area contributed by atoms with E-state index in [1.165, 1.54) is 11.8 Å². The van der Waals surface area contributed by atoms with Gasteiger partial charge in [-0.25, -0.2) is 0 Å². The van der Waals surface area contributed by atoms with E-state index < -0.39 is 0 Å². The van der Waals surface area contributed by atoms with E-state index >= 15 is 0 Å². The Balaban J connectivity index is 0.00000400. The number of thioether (sulfide) groups is 1. The van der Waals surface area contributed by atoms with Crippen molar-refractivity contribution in [2.24, 2.45) is 5.73 Å². The van der Waals surface area contributed by atoms with E-state index in [-0.39, 0.29) is 29.1 Å². The molecule has 0 fully saturated rings. The average molecular weight is 351 g/mol. The first-order valence-corrected chi connectivity index (χ1v) is 8.16. The summed E-state index contributed by atoms with van der Waals surface area (Å²) in [5.41, 5.74) is 5.52. The molecule has 21 heavy (non-hydrogen) atoms. The Morgan fingerprint density at radius 2 is 1.86 bits per heavy atom. The van der Waals surface area contributed by atoms with E-state index in [2.05, 4.69) is 5.32 Å². The number of halogens is 2. The molecular formula is C15H24Cl2N2OS. The molecule has 0 aliphatic rings. The van der Waals surface area contributed by atoms with Gasteiger partial charge in [0.15, 0.2) is 0 Å². The molecule has 6 heteroatoms. The van der Waals surface area contributed by atoms with E-state index in [9.17, 15) is 4.79 Å². The Morgan fingerprint density at radius 1 is 1.33 bits per heavy atom. The average Bonchev–Trinajstić information content (AvgIpc) is 2.47. The first-order chi connectivity index (χ1) is 9.46. The molecular weight excluding hydrogens is 327 g/mol. The van der Waals surface area contributed by atoms with Crippen molar-refractivity contribution in [3.63, 3.8) is 0 Å². The number of amides is 1. The van der Waals surface area contributed by atoms with Crippen LogP contribution in [0.2, 0.25) is 5.02 Å². The van der Waals surface area contributed by atoms with Gasteiger partial charge in [-0.3, -0.25) is 4.79 Å². The highest BCUT2D eigenvalue weighted by atomic mass is 35.5. The van der Waals surface area contributed by atoms with Crippen molar-refractivity contribution in [1.82, 2.24) is 5.32 Å². The van der Waals surface area contributed by atoms with Crippen molar-refractivity contribution in [3.05, 3.63) is 29.3 Å². The number of carbonyl (C=O) groups is 1. The normalized spacial score (nSPS) is 12.4. The summed E-state index contributed by atoms with van der Waals surface area (Å²) < 4.78 is 0. The summed E-state index contributed by atoms with van der Waals surface area (Å²) in [7, 11) is 0. The summed E-state index contributed by atoms with van der Waals surface area (Å²) in [5, 5.41) is 3.63. The minimum absolute atomic E-state index is 0. The monoisotopic (exact) mass is 350 g/mol. The SMILES string of the molecule is CCC(CC)(CN)NC(=O)C(C)Sc1ccc(Cl)cc1.Cl. The number of carbonyl (C=O) groups excluding carboxylic acids is 1. The third kappa shape index (κ3) is 6.07. The largest absolute Gasteiger partial charge is 0.348 e. The molecule has 1 aromatic rings. The number of rotatable bonds is 7. The lowest BCUT2D eigenvalue weighted by atomic mass is 9.93. The zero-order valence-electron chi connectivity index (χ0n) is 12.7. The van der Waals surface area contributed by atoms with E-state index in [0.29, 0.717) is 11.6 Å². The lowest BCUT2D eigenvalue weighted by molar-refractivity contribution is -0.122. The molecule has 1 aromatic carbocycles. The number of nitrogens with two attached hydrogens (primary N) is 1. The molecule has 0 bridgehead atoms. The molecule has 1 atom stereocenters. The van der Waals surface area contributed by atoms with Crippen molar-refractivity contribution in [1.29, 1.82) is 0 Å². The van der Waals surface area contributed by atoms with Gasteiger partial charge in [-0.2, -0.15) is 0 Å². The van der Waals surface area contributed by atoms with Crippen LogP contribution in [0.1, 0.15) is 33.6 Å². The van der Waals surface area contributed by atoms with Crippen molar-refractivity contribution < 1.29 is 4.79 Å². The first kappa shape index (κ1) is 20.6. The second-order valence-corrected chi connectivity index (χ2v) is 6.75. The molecule has 0 radical (unpaired) electrons. The zero-order valence-corrected chi connectivity index (χ0v) is 15.1. The van der Waals surface area contributed by atoms with Gasteiger partial charge in [0.05, 0.1) is 10.8 Å². The van der Waals surface area contributed by atoms with Gasteiger partial charge in [-0.05, 0) is 44.0 Å². The molecule has 0 aromatic heterocycles. The molecule has 0 aliphatic heterocycles. The van der Waals surface area contributed by atoms with E-state index in [4.69, 9.17) is 17.3 Å². The summed E-state index contributed by atoms with van der Waals surface area (Å²) in [6, 6.07) is 7.51. The Morgan fingerprint density at radius 3 is 2.29 bits per heavy atom. The van der Waals surface area contributed by atoms with Gasteiger partial charge in [0.1, 0.15) is 0 Å². The van der Waals surface area contributed by atoms with Crippen LogP contribution in [0, 0.1) is 0 Å².